The first-order chi connectivity index (χ1) is 9.06. The Hall–Kier alpha value is -2.07. The van der Waals surface area contributed by atoms with Crippen LogP contribution >= 0.6 is 15.9 Å². The summed E-state index contributed by atoms with van der Waals surface area (Å²) < 4.78 is 0.723. The van der Waals surface area contributed by atoms with Crippen molar-refractivity contribution in [2.45, 2.75) is 0 Å². The van der Waals surface area contributed by atoms with Gasteiger partial charge in [-0.2, -0.15) is 0 Å². The number of rotatable bonds is 3. The highest BCUT2D eigenvalue weighted by Crippen LogP contribution is 2.23. The van der Waals surface area contributed by atoms with Gasteiger partial charge in [0.25, 0.3) is 0 Å². The van der Waals surface area contributed by atoms with Crippen LogP contribution in [0, 0.1) is 0 Å². The van der Waals surface area contributed by atoms with Gasteiger partial charge in [0.15, 0.2) is 5.78 Å². The third-order valence-electron chi connectivity index (χ3n) is 2.56. The number of hydrogen-bond acceptors (Lipinski definition) is 3. The lowest BCUT2D eigenvalue weighted by molar-refractivity contribution is 0.104. The van der Waals surface area contributed by atoms with E-state index in [1.165, 1.54) is 12.1 Å². The first-order valence-electron chi connectivity index (χ1n) is 5.63. The fourth-order valence-electron chi connectivity index (χ4n) is 1.64. The maximum Gasteiger partial charge on any atom is 0.189 e. The summed E-state index contributed by atoms with van der Waals surface area (Å²) in [6.45, 7) is 0. The molecule has 0 saturated heterocycles. The van der Waals surface area contributed by atoms with E-state index in [1.807, 2.05) is 12.1 Å². The van der Waals surface area contributed by atoms with E-state index in [2.05, 4.69) is 15.9 Å². The summed E-state index contributed by atoms with van der Waals surface area (Å²) in [6.07, 6.45) is 3.08. The molecule has 0 radical (unpaired) electrons. The van der Waals surface area contributed by atoms with Crippen LogP contribution in [0.4, 0.5) is 5.69 Å². The van der Waals surface area contributed by atoms with Crippen LogP contribution in [0.1, 0.15) is 15.9 Å². The summed E-state index contributed by atoms with van der Waals surface area (Å²) >= 11 is 3.23. The fourth-order valence-corrected chi connectivity index (χ4v) is 1.99. The summed E-state index contributed by atoms with van der Waals surface area (Å²) in [5.41, 5.74) is 7.40. The number of nitrogens with two attached hydrogens (primary N) is 1. The van der Waals surface area contributed by atoms with E-state index in [-0.39, 0.29) is 17.1 Å². The highest BCUT2D eigenvalue weighted by molar-refractivity contribution is 9.10. The molecule has 3 nitrogen and oxygen atoms in total. The van der Waals surface area contributed by atoms with Gasteiger partial charge in [0.2, 0.25) is 0 Å². The van der Waals surface area contributed by atoms with Gasteiger partial charge in [-0.25, -0.2) is 0 Å². The number of allylic oxidation sites excluding steroid dienone is 1. The van der Waals surface area contributed by atoms with Crippen LogP contribution in [0.15, 0.2) is 53.0 Å². The van der Waals surface area contributed by atoms with Gasteiger partial charge in [-0.05, 0) is 42.0 Å². The number of phenolic OH excluding ortho intramolecular Hbond substituents is 1. The van der Waals surface area contributed by atoms with E-state index in [4.69, 9.17) is 5.73 Å². The second-order valence-corrected chi connectivity index (χ2v) is 4.94. The van der Waals surface area contributed by atoms with Crippen molar-refractivity contribution < 1.29 is 9.90 Å². The number of carbonyl (C=O) groups is 1. The average Bonchev–Trinajstić information content (AvgIpc) is 2.36. The van der Waals surface area contributed by atoms with Crippen molar-refractivity contribution in [2.75, 3.05) is 5.73 Å². The van der Waals surface area contributed by atoms with Crippen molar-refractivity contribution in [1.82, 2.24) is 0 Å². The zero-order chi connectivity index (χ0) is 13.8. The summed E-state index contributed by atoms with van der Waals surface area (Å²) in [7, 11) is 0. The fraction of sp³-hybridized carbons (Fsp3) is 0. The molecular weight excluding hydrogens is 306 g/mol. The van der Waals surface area contributed by atoms with Crippen LogP contribution in [0.2, 0.25) is 0 Å². The van der Waals surface area contributed by atoms with E-state index in [9.17, 15) is 9.90 Å². The topological polar surface area (TPSA) is 63.3 Å². The molecule has 2 aromatic carbocycles. The Balaban J connectivity index is 2.21. The normalized spacial score (nSPS) is 10.8. The maximum absolute atomic E-state index is 11.9. The standard InChI is InChI=1S/C15H12BrNO2/c16-11-5-6-13(15(19)9-11)14(18)7-4-10-2-1-3-12(17)8-10/h1-9,19H,17H2/b7-4+. The Morgan fingerprint density at radius 1 is 1.21 bits per heavy atom. The first kappa shape index (κ1) is 13.4. The molecule has 0 aromatic heterocycles. The van der Waals surface area contributed by atoms with Crippen LogP contribution in [0.3, 0.4) is 0 Å². The minimum absolute atomic E-state index is 0.0448. The van der Waals surface area contributed by atoms with E-state index >= 15 is 0 Å². The molecule has 2 aromatic rings. The molecule has 0 bridgehead atoms. The molecule has 3 N–H and O–H groups in total. The molecule has 0 unspecified atom stereocenters. The van der Waals surface area contributed by atoms with Crippen molar-refractivity contribution in [3.05, 3.63) is 64.1 Å². The number of benzene rings is 2. The largest absolute Gasteiger partial charge is 0.507 e. The summed E-state index contributed by atoms with van der Waals surface area (Å²) in [6, 6.07) is 12.0. The number of aromatic hydroxyl groups is 1. The quantitative estimate of drug-likeness (QED) is 0.516. The van der Waals surface area contributed by atoms with Crippen LogP contribution in [0.5, 0.6) is 5.75 Å². The van der Waals surface area contributed by atoms with Crippen LogP contribution in [-0.2, 0) is 0 Å². The Morgan fingerprint density at radius 3 is 2.68 bits per heavy atom. The van der Waals surface area contributed by atoms with Gasteiger partial charge in [-0.3, -0.25) is 4.79 Å². The SMILES string of the molecule is Nc1cccc(/C=C/C(=O)c2ccc(Br)cc2O)c1. The Labute approximate surface area is 119 Å². The third kappa shape index (κ3) is 3.45. The van der Waals surface area contributed by atoms with Crippen molar-refractivity contribution in [1.29, 1.82) is 0 Å². The molecule has 0 aliphatic rings. The van der Waals surface area contributed by atoms with Crippen molar-refractivity contribution in [2.24, 2.45) is 0 Å². The summed E-state index contributed by atoms with van der Waals surface area (Å²) in [5, 5.41) is 9.70. The number of hydrogen-bond donors (Lipinski definition) is 2. The highest BCUT2D eigenvalue weighted by atomic mass is 79.9. The summed E-state index contributed by atoms with van der Waals surface area (Å²) in [5.74, 6) is -0.302. The molecule has 0 heterocycles. The Bertz CT molecular complexity index is 650. The third-order valence-corrected chi connectivity index (χ3v) is 3.06. The summed E-state index contributed by atoms with van der Waals surface area (Å²) in [4.78, 5) is 11.9. The predicted molar refractivity (Wildman–Crippen MR) is 80.0 cm³/mol. The minimum Gasteiger partial charge on any atom is -0.507 e. The molecule has 4 heteroatoms. The molecule has 0 atom stereocenters. The smallest absolute Gasteiger partial charge is 0.189 e. The number of halogens is 1. The van der Waals surface area contributed by atoms with E-state index < -0.39 is 0 Å². The van der Waals surface area contributed by atoms with E-state index in [0.717, 1.165) is 10.0 Å². The highest BCUT2D eigenvalue weighted by Gasteiger charge is 2.08. The van der Waals surface area contributed by atoms with E-state index in [0.29, 0.717) is 5.69 Å². The van der Waals surface area contributed by atoms with Crippen LogP contribution in [-0.4, -0.2) is 10.9 Å². The Kier molecular flexibility index (Phi) is 4.02. The maximum atomic E-state index is 11.9. The van der Waals surface area contributed by atoms with Crippen molar-refractivity contribution >= 4 is 33.5 Å². The number of anilines is 1. The van der Waals surface area contributed by atoms with Gasteiger partial charge in [-0.15, -0.1) is 0 Å². The molecule has 0 spiro atoms. The average molecular weight is 318 g/mol. The lowest BCUT2D eigenvalue weighted by atomic mass is 10.1. The van der Waals surface area contributed by atoms with Crippen LogP contribution < -0.4 is 5.73 Å². The zero-order valence-corrected chi connectivity index (χ0v) is 11.6. The molecule has 0 aliphatic heterocycles. The number of nitrogen functional groups attached to an aromatic ring is 1. The van der Waals surface area contributed by atoms with Gasteiger partial charge < -0.3 is 10.8 Å². The molecule has 2 rings (SSSR count). The molecular formula is C15H12BrNO2. The van der Waals surface area contributed by atoms with Gasteiger partial charge in [0.1, 0.15) is 5.75 Å². The van der Waals surface area contributed by atoms with Gasteiger partial charge in [0.05, 0.1) is 5.56 Å². The second-order valence-electron chi connectivity index (χ2n) is 4.03. The van der Waals surface area contributed by atoms with Gasteiger partial charge in [0, 0.05) is 10.2 Å². The van der Waals surface area contributed by atoms with Crippen LogP contribution in [0.25, 0.3) is 6.08 Å². The lowest BCUT2D eigenvalue weighted by Gasteiger charge is -2.01. The molecule has 0 amide bonds. The molecule has 19 heavy (non-hydrogen) atoms. The van der Waals surface area contributed by atoms with Crippen molar-refractivity contribution in [3.63, 3.8) is 0 Å². The number of phenols is 1. The molecule has 0 saturated carbocycles. The number of carbonyl (C=O) groups excluding carboxylic acids is 1. The van der Waals surface area contributed by atoms with Gasteiger partial charge >= 0.3 is 0 Å². The number of ketones is 1. The van der Waals surface area contributed by atoms with E-state index in [1.54, 1.807) is 30.3 Å². The minimum atomic E-state index is -0.257. The monoisotopic (exact) mass is 317 g/mol. The second kappa shape index (κ2) is 5.71. The lowest BCUT2D eigenvalue weighted by Crippen LogP contribution is -1.94. The van der Waals surface area contributed by atoms with Crippen molar-refractivity contribution in [3.8, 4) is 5.75 Å². The molecule has 0 aliphatic carbocycles. The zero-order valence-electron chi connectivity index (χ0n) is 10.0. The van der Waals surface area contributed by atoms with Gasteiger partial charge in [-0.1, -0.05) is 34.1 Å². The molecule has 96 valence electrons. The molecule has 0 fully saturated rings. The first-order valence-corrected chi connectivity index (χ1v) is 6.42. The Morgan fingerprint density at radius 2 is 2.00 bits per heavy atom. The predicted octanol–water partition coefficient (Wildman–Crippen LogP) is 3.63.